The second-order valence-electron chi connectivity index (χ2n) is 8.04. The first-order valence-corrected chi connectivity index (χ1v) is 10.2. The van der Waals surface area contributed by atoms with Crippen LogP contribution in [-0.2, 0) is 4.79 Å². The lowest BCUT2D eigenvalue weighted by Crippen LogP contribution is -2.92. The molecule has 0 aromatic heterocycles. The van der Waals surface area contributed by atoms with Gasteiger partial charge >= 0.3 is 0 Å². The van der Waals surface area contributed by atoms with Crippen molar-refractivity contribution in [1.82, 2.24) is 0 Å². The number of nitrogens with one attached hydrogen (secondary N) is 1. The molecule has 1 amide bonds. The number of anilines is 1. The predicted octanol–water partition coefficient (Wildman–Crippen LogP) is 4.60. The molecule has 0 aliphatic rings. The fraction of sp³-hybridized carbons (Fsp3) is 0.269. The first kappa shape index (κ1) is 20.8. The smallest absolute Gasteiger partial charge is 0.282 e. The van der Waals surface area contributed by atoms with Gasteiger partial charge in [0.25, 0.3) is 5.91 Å². The Bertz CT molecular complexity index is 954. The van der Waals surface area contributed by atoms with E-state index in [9.17, 15) is 4.79 Å². The van der Waals surface area contributed by atoms with Crippen LogP contribution in [0.4, 0.5) is 5.69 Å². The summed E-state index contributed by atoms with van der Waals surface area (Å²) in [5, 5.41) is 5.30. The van der Waals surface area contributed by atoms with Crippen molar-refractivity contribution in [2.24, 2.45) is 0 Å². The van der Waals surface area contributed by atoms with Gasteiger partial charge in [-0.05, 0) is 45.7 Å². The average molecular weight is 388 g/mol. The number of amides is 1. The molecule has 0 aliphatic carbocycles. The number of nitrogens with two attached hydrogens (primary N) is 1. The van der Waals surface area contributed by atoms with Crippen molar-refractivity contribution < 1.29 is 10.1 Å². The number of benzene rings is 3. The van der Waals surface area contributed by atoms with Crippen molar-refractivity contribution in [2.45, 2.75) is 46.7 Å². The SMILES string of the molecule is Cc1ccc([C@H]([NH2+][C@H](C)C(=O)Nc2c(C)cc(C)cc2C)c2ccccc2)cc1. The molecule has 2 atom stereocenters. The van der Waals surface area contributed by atoms with Crippen LogP contribution in [-0.4, -0.2) is 11.9 Å². The van der Waals surface area contributed by atoms with Crippen molar-refractivity contribution in [3.8, 4) is 0 Å². The summed E-state index contributed by atoms with van der Waals surface area (Å²) in [4.78, 5) is 13.0. The van der Waals surface area contributed by atoms with Gasteiger partial charge in [-0.25, -0.2) is 0 Å². The van der Waals surface area contributed by atoms with Gasteiger partial charge in [-0.1, -0.05) is 77.9 Å². The maximum absolute atomic E-state index is 13.0. The minimum atomic E-state index is -0.235. The Balaban J connectivity index is 1.82. The van der Waals surface area contributed by atoms with Crippen molar-refractivity contribution in [2.75, 3.05) is 5.32 Å². The lowest BCUT2D eigenvalue weighted by Gasteiger charge is -2.22. The highest BCUT2D eigenvalue weighted by atomic mass is 16.2. The second-order valence-corrected chi connectivity index (χ2v) is 8.04. The largest absolute Gasteiger partial charge is 0.326 e. The molecule has 0 saturated heterocycles. The summed E-state index contributed by atoms with van der Waals surface area (Å²) >= 11 is 0. The summed E-state index contributed by atoms with van der Waals surface area (Å²) in [5.41, 5.74) is 7.95. The van der Waals surface area contributed by atoms with Gasteiger partial charge in [0.05, 0.1) is 0 Å². The van der Waals surface area contributed by atoms with Crippen molar-refractivity contribution in [1.29, 1.82) is 0 Å². The summed E-state index contributed by atoms with van der Waals surface area (Å²) in [6.07, 6.45) is 0. The number of hydrogen-bond donors (Lipinski definition) is 2. The molecule has 150 valence electrons. The van der Waals surface area contributed by atoms with Crippen LogP contribution >= 0.6 is 0 Å². The van der Waals surface area contributed by atoms with Crippen LogP contribution in [0.15, 0.2) is 66.7 Å². The topological polar surface area (TPSA) is 45.7 Å². The zero-order valence-corrected chi connectivity index (χ0v) is 18.0. The molecule has 3 N–H and O–H groups in total. The highest BCUT2D eigenvalue weighted by molar-refractivity contribution is 5.95. The van der Waals surface area contributed by atoms with Crippen LogP contribution in [0.2, 0.25) is 0 Å². The summed E-state index contributed by atoms with van der Waals surface area (Å²) in [7, 11) is 0. The summed E-state index contributed by atoms with van der Waals surface area (Å²) in [6, 6.07) is 23.0. The van der Waals surface area contributed by atoms with Crippen LogP contribution in [0.3, 0.4) is 0 Å². The minimum absolute atomic E-state index is 0.0214. The third kappa shape index (κ3) is 5.12. The van der Waals surface area contributed by atoms with Gasteiger partial charge in [-0.15, -0.1) is 0 Å². The van der Waals surface area contributed by atoms with Crippen LogP contribution in [0, 0.1) is 27.7 Å². The van der Waals surface area contributed by atoms with E-state index in [-0.39, 0.29) is 18.0 Å². The Morgan fingerprint density at radius 3 is 1.93 bits per heavy atom. The van der Waals surface area contributed by atoms with Crippen LogP contribution in [0.5, 0.6) is 0 Å². The Morgan fingerprint density at radius 2 is 1.34 bits per heavy atom. The van der Waals surface area contributed by atoms with Crippen molar-refractivity contribution >= 4 is 11.6 Å². The Labute approximate surface area is 174 Å². The van der Waals surface area contributed by atoms with Crippen molar-refractivity contribution in [3.05, 3.63) is 100 Å². The molecule has 0 aliphatic heterocycles. The lowest BCUT2D eigenvalue weighted by atomic mass is 9.97. The third-order valence-corrected chi connectivity index (χ3v) is 5.42. The molecular formula is C26H31N2O+. The summed E-state index contributed by atoms with van der Waals surface area (Å²) < 4.78 is 0. The normalized spacial score (nSPS) is 13.0. The number of quaternary nitrogens is 1. The Kier molecular flexibility index (Phi) is 6.50. The fourth-order valence-corrected chi connectivity index (χ4v) is 3.84. The molecule has 3 aromatic carbocycles. The molecule has 0 unspecified atom stereocenters. The predicted molar refractivity (Wildman–Crippen MR) is 120 cm³/mol. The number of carbonyl (C=O) groups excluding carboxylic acids is 1. The molecule has 0 fully saturated rings. The van der Waals surface area contributed by atoms with Gasteiger partial charge in [-0.2, -0.15) is 0 Å². The number of rotatable bonds is 6. The van der Waals surface area contributed by atoms with Gasteiger partial charge in [0, 0.05) is 16.8 Å². The first-order chi connectivity index (χ1) is 13.8. The number of hydrogen-bond acceptors (Lipinski definition) is 1. The van der Waals surface area contributed by atoms with E-state index in [1.807, 2.05) is 39.0 Å². The molecule has 0 heterocycles. The molecule has 3 nitrogen and oxygen atoms in total. The van der Waals surface area contributed by atoms with Crippen molar-refractivity contribution in [3.63, 3.8) is 0 Å². The molecule has 0 saturated carbocycles. The molecule has 29 heavy (non-hydrogen) atoms. The zero-order chi connectivity index (χ0) is 21.0. The van der Waals surface area contributed by atoms with E-state index < -0.39 is 0 Å². The van der Waals surface area contributed by atoms with E-state index >= 15 is 0 Å². The molecule has 3 rings (SSSR count). The van der Waals surface area contributed by atoms with Gasteiger partial charge in [0.2, 0.25) is 0 Å². The van der Waals surface area contributed by atoms with E-state index in [1.54, 1.807) is 0 Å². The molecule has 0 radical (unpaired) electrons. The average Bonchev–Trinajstić information content (AvgIpc) is 2.70. The standard InChI is InChI=1S/C26H30N2O/c1-17-11-13-23(14-12-17)25(22-9-7-6-8-10-22)27-21(5)26(29)28-24-19(3)15-18(2)16-20(24)4/h6-16,21,25,27H,1-5H3,(H,28,29)/p+1/t21-,25-/m1/s1. The van der Waals surface area contributed by atoms with Crippen LogP contribution in [0.1, 0.15) is 46.3 Å². The highest BCUT2D eigenvalue weighted by Gasteiger charge is 2.25. The van der Waals surface area contributed by atoms with Gasteiger partial charge in [0.15, 0.2) is 6.04 Å². The van der Waals surface area contributed by atoms with Crippen LogP contribution in [0.25, 0.3) is 0 Å². The monoisotopic (exact) mass is 387 g/mol. The lowest BCUT2D eigenvalue weighted by molar-refractivity contribution is -0.704. The maximum atomic E-state index is 13.0. The van der Waals surface area contributed by atoms with E-state index in [4.69, 9.17) is 0 Å². The molecule has 0 spiro atoms. The summed E-state index contributed by atoms with van der Waals surface area (Å²) in [6.45, 7) is 10.2. The van der Waals surface area contributed by atoms with E-state index in [1.165, 1.54) is 22.3 Å². The Hall–Kier alpha value is -2.91. The molecule has 0 bridgehead atoms. The van der Waals surface area contributed by atoms with Gasteiger partial charge in [0.1, 0.15) is 6.04 Å². The Morgan fingerprint density at radius 1 is 0.793 bits per heavy atom. The van der Waals surface area contributed by atoms with Gasteiger partial charge < -0.3 is 10.6 Å². The quantitative estimate of drug-likeness (QED) is 0.638. The van der Waals surface area contributed by atoms with E-state index in [2.05, 4.69) is 73.0 Å². The second kappa shape index (κ2) is 9.06. The zero-order valence-electron chi connectivity index (χ0n) is 18.0. The van der Waals surface area contributed by atoms with E-state index in [0.29, 0.717) is 0 Å². The molecular weight excluding hydrogens is 356 g/mol. The third-order valence-electron chi connectivity index (χ3n) is 5.42. The maximum Gasteiger partial charge on any atom is 0.282 e. The highest BCUT2D eigenvalue weighted by Crippen LogP contribution is 2.22. The fourth-order valence-electron chi connectivity index (χ4n) is 3.84. The number of carbonyl (C=O) groups is 1. The van der Waals surface area contributed by atoms with Gasteiger partial charge in [-0.3, -0.25) is 4.79 Å². The first-order valence-electron chi connectivity index (χ1n) is 10.2. The molecule has 3 aromatic rings. The van der Waals surface area contributed by atoms with Crippen LogP contribution < -0.4 is 10.6 Å². The molecule has 3 heteroatoms. The van der Waals surface area contributed by atoms with E-state index in [0.717, 1.165) is 16.8 Å². The number of aryl methyl sites for hydroxylation is 4. The summed E-state index contributed by atoms with van der Waals surface area (Å²) in [5.74, 6) is 0.0214. The minimum Gasteiger partial charge on any atom is -0.326 e.